The quantitative estimate of drug-likeness (QED) is 0.735. The van der Waals surface area contributed by atoms with Crippen LogP contribution < -0.4 is 10.6 Å². The summed E-state index contributed by atoms with van der Waals surface area (Å²) in [5.74, 6) is 0.855. The van der Waals surface area contributed by atoms with E-state index in [-0.39, 0.29) is 18.0 Å². The van der Waals surface area contributed by atoms with Crippen LogP contribution in [0.5, 0.6) is 0 Å². The molecule has 124 valence electrons. The summed E-state index contributed by atoms with van der Waals surface area (Å²) < 4.78 is 5.44. The molecule has 0 spiro atoms. The van der Waals surface area contributed by atoms with E-state index in [0.717, 1.165) is 5.56 Å². The summed E-state index contributed by atoms with van der Waals surface area (Å²) in [5.41, 5.74) is 0.944. The van der Waals surface area contributed by atoms with Crippen LogP contribution in [0.4, 0.5) is 4.79 Å². The predicted molar refractivity (Wildman–Crippen MR) is 89.0 cm³/mol. The maximum atomic E-state index is 12.1. The number of nitrogens with one attached hydrogen (secondary N) is 2. The van der Waals surface area contributed by atoms with Gasteiger partial charge in [-0.15, -0.1) is 0 Å². The summed E-state index contributed by atoms with van der Waals surface area (Å²) in [5, 5.41) is 15.5. The highest BCUT2D eigenvalue weighted by atomic mass is 16.3. The first-order valence-electron chi connectivity index (χ1n) is 7.88. The van der Waals surface area contributed by atoms with Crippen molar-refractivity contribution in [2.24, 2.45) is 5.92 Å². The second kappa shape index (κ2) is 8.39. The molecule has 0 bridgehead atoms. The maximum absolute atomic E-state index is 12.1. The molecule has 2 aromatic rings. The smallest absolute Gasteiger partial charge is 0.315 e. The molecule has 3 N–H and O–H groups in total. The van der Waals surface area contributed by atoms with Crippen LogP contribution >= 0.6 is 0 Å². The molecule has 0 saturated carbocycles. The number of hydrogen-bond donors (Lipinski definition) is 3. The average Bonchev–Trinajstić information content (AvgIpc) is 3.07. The van der Waals surface area contributed by atoms with Gasteiger partial charge in [-0.25, -0.2) is 4.79 Å². The second-order valence-electron chi connectivity index (χ2n) is 5.86. The number of hydrogen-bond acceptors (Lipinski definition) is 3. The minimum Gasteiger partial charge on any atom is -0.467 e. The summed E-state index contributed by atoms with van der Waals surface area (Å²) in [6.45, 7) is 4.32. The van der Waals surface area contributed by atoms with E-state index < -0.39 is 6.10 Å². The van der Waals surface area contributed by atoms with Gasteiger partial charge in [-0.3, -0.25) is 0 Å². The van der Waals surface area contributed by atoms with Crippen molar-refractivity contribution in [2.45, 2.75) is 32.4 Å². The van der Waals surface area contributed by atoms with E-state index in [1.54, 1.807) is 12.3 Å². The first kappa shape index (κ1) is 17.1. The van der Waals surface area contributed by atoms with E-state index in [2.05, 4.69) is 10.6 Å². The highest BCUT2D eigenvalue weighted by molar-refractivity contribution is 5.74. The molecule has 5 nitrogen and oxygen atoms in total. The Hall–Kier alpha value is -2.27. The van der Waals surface area contributed by atoms with Crippen molar-refractivity contribution >= 4 is 6.03 Å². The molecule has 0 radical (unpaired) electrons. The molecular formula is C18H24N2O3. The Kier molecular flexibility index (Phi) is 6.23. The fourth-order valence-electron chi connectivity index (χ4n) is 2.27. The number of aliphatic hydroxyl groups excluding tert-OH is 1. The summed E-state index contributed by atoms with van der Waals surface area (Å²) in [6, 6.07) is 12.6. The van der Waals surface area contributed by atoms with Crippen molar-refractivity contribution in [1.82, 2.24) is 10.6 Å². The van der Waals surface area contributed by atoms with Crippen molar-refractivity contribution in [1.29, 1.82) is 0 Å². The van der Waals surface area contributed by atoms with Gasteiger partial charge in [-0.2, -0.15) is 0 Å². The van der Waals surface area contributed by atoms with Crippen LogP contribution in [0.3, 0.4) is 0 Å². The molecular weight excluding hydrogens is 292 g/mol. The molecule has 1 aromatic heterocycles. The lowest BCUT2D eigenvalue weighted by molar-refractivity contribution is 0.116. The van der Waals surface area contributed by atoms with Crippen molar-refractivity contribution < 1.29 is 14.3 Å². The van der Waals surface area contributed by atoms with Crippen LogP contribution in [0.15, 0.2) is 53.1 Å². The van der Waals surface area contributed by atoms with E-state index in [1.165, 1.54) is 0 Å². The number of aliphatic hydroxyl groups is 1. The van der Waals surface area contributed by atoms with Crippen molar-refractivity contribution in [2.75, 3.05) is 6.54 Å². The molecule has 23 heavy (non-hydrogen) atoms. The van der Waals surface area contributed by atoms with Gasteiger partial charge in [0.25, 0.3) is 0 Å². The Balaban J connectivity index is 1.95. The summed E-state index contributed by atoms with van der Waals surface area (Å²) in [7, 11) is 0. The van der Waals surface area contributed by atoms with E-state index >= 15 is 0 Å². The second-order valence-corrected chi connectivity index (χ2v) is 5.86. The number of urea groups is 1. The Morgan fingerprint density at radius 2 is 1.91 bits per heavy atom. The molecule has 0 fully saturated rings. The van der Waals surface area contributed by atoms with Gasteiger partial charge in [0.15, 0.2) is 0 Å². The van der Waals surface area contributed by atoms with Gasteiger partial charge in [0.1, 0.15) is 11.8 Å². The molecule has 0 saturated heterocycles. The highest BCUT2D eigenvalue weighted by Crippen LogP contribution is 2.22. The molecule has 2 atom stereocenters. The van der Waals surface area contributed by atoms with Gasteiger partial charge in [0.2, 0.25) is 0 Å². The number of rotatable bonds is 7. The van der Waals surface area contributed by atoms with Gasteiger partial charge in [0.05, 0.1) is 12.4 Å². The Bertz CT molecular complexity index is 582. The lowest BCUT2D eigenvalue weighted by Crippen LogP contribution is -2.39. The molecule has 0 aliphatic heterocycles. The van der Waals surface area contributed by atoms with E-state index in [4.69, 9.17) is 4.42 Å². The van der Waals surface area contributed by atoms with Gasteiger partial charge >= 0.3 is 6.03 Å². The number of carbonyl (C=O) groups is 1. The van der Waals surface area contributed by atoms with Gasteiger partial charge in [-0.05, 0) is 30.0 Å². The van der Waals surface area contributed by atoms with E-state index in [0.29, 0.717) is 18.7 Å². The summed E-state index contributed by atoms with van der Waals surface area (Å²) in [4.78, 5) is 12.1. The van der Waals surface area contributed by atoms with E-state index in [1.807, 2.05) is 50.2 Å². The van der Waals surface area contributed by atoms with Crippen molar-refractivity contribution in [3.8, 4) is 0 Å². The molecule has 2 amide bonds. The molecule has 2 unspecified atom stereocenters. The standard InChI is InChI=1S/C18H24N2O3/c1-13(2)15(21)10-11-19-18(22)20-17(16-9-6-12-23-16)14-7-4-3-5-8-14/h3-9,12-13,15,17,21H,10-11H2,1-2H3,(H2,19,20,22). The zero-order valence-electron chi connectivity index (χ0n) is 13.5. The topological polar surface area (TPSA) is 74.5 Å². The monoisotopic (exact) mass is 316 g/mol. The number of carbonyl (C=O) groups excluding carboxylic acids is 1. The third kappa shape index (κ3) is 5.14. The van der Waals surface area contributed by atoms with Gasteiger partial charge in [0, 0.05) is 6.54 Å². The first-order chi connectivity index (χ1) is 11.1. The van der Waals surface area contributed by atoms with Gasteiger partial charge < -0.3 is 20.2 Å². The minimum atomic E-state index is -0.412. The normalized spacial score (nSPS) is 13.6. The number of furan rings is 1. The predicted octanol–water partition coefficient (Wildman–Crippen LogP) is 3.08. The van der Waals surface area contributed by atoms with Gasteiger partial charge in [-0.1, -0.05) is 44.2 Å². The molecule has 5 heteroatoms. The maximum Gasteiger partial charge on any atom is 0.315 e. The largest absolute Gasteiger partial charge is 0.467 e. The van der Waals surface area contributed by atoms with Crippen LogP contribution in [-0.4, -0.2) is 23.8 Å². The Morgan fingerprint density at radius 1 is 1.17 bits per heavy atom. The molecule has 2 rings (SSSR count). The Morgan fingerprint density at radius 3 is 2.52 bits per heavy atom. The third-order valence-electron chi connectivity index (χ3n) is 3.73. The molecule has 0 aliphatic rings. The third-order valence-corrected chi connectivity index (χ3v) is 3.73. The highest BCUT2D eigenvalue weighted by Gasteiger charge is 2.19. The van der Waals surface area contributed by atoms with Crippen LogP contribution in [0.2, 0.25) is 0 Å². The summed E-state index contributed by atoms with van der Waals surface area (Å²) >= 11 is 0. The lowest BCUT2D eigenvalue weighted by atomic mass is 10.0. The molecule has 0 aliphatic carbocycles. The lowest BCUT2D eigenvalue weighted by Gasteiger charge is -2.19. The average molecular weight is 316 g/mol. The van der Waals surface area contributed by atoms with Crippen molar-refractivity contribution in [3.63, 3.8) is 0 Å². The number of benzene rings is 1. The summed E-state index contributed by atoms with van der Waals surface area (Å²) in [6.07, 6.45) is 1.70. The van der Waals surface area contributed by atoms with Crippen LogP contribution in [0.1, 0.15) is 37.6 Å². The van der Waals surface area contributed by atoms with Crippen LogP contribution in [-0.2, 0) is 0 Å². The fraction of sp³-hybridized carbons (Fsp3) is 0.389. The van der Waals surface area contributed by atoms with Crippen LogP contribution in [0.25, 0.3) is 0 Å². The van der Waals surface area contributed by atoms with Crippen LogP contribution in [0, 0.1) is 5.92 Å². The fourth-order valence-corrected chi connectivity index (χ4v) is 2.27. The zero-order chi connectivity index (χ0) is 16.7. The zero-order valence-corrected chi connectivity index (χ0v) is 13.5. The molecule has 1 heterocycles. The van der Waals surface area contributed by atoms with E-state index in [9.17, 15) is 9.90 Å². The Labute approximate surface area is 136 Å². The first-order valence-corrected chi connectivity index (χ1v) is 7.88. The molecule has 1 aromatic carbocycles. The van der Waals surface area contributed by atoms with Crippen molar-refractivity contribution in [3.05, 3.63) is 60.1 Å². The SMILES string of the molecule is CC(C)C(O)CCNC(=O)NC(c1ccccc1)c1ccco1. The minimum absolute atomic E-state index is 0.181. The number of amides is 2.